The Balaban J connectivity index is 1.93. The molecule has 122 valence electrons. The van der Waals surface area contributed by atoms with Gasteiger partial charge in [-0.3, -0.25) is 14.4 Å². The molecule has 1 atom stereocenters. The van der Waals surface area contributed by atoms with Crippen LogP contribution in [0.2, 0.25) is 0 Å². The Kier molecular flexibility index (Phi) is 4.52. The normalized spacial score (nSPS) is 17.2. The lowest BCUT2D eigenvalue weighted by molar-refractivity contribution is -0.135. The number of aliphatic carboxylic acids is 1. The van der Waals surface area contributed by atoms with Crippen LogP contribution in [-0.4, -0.2) is 34.1 Å². The zero-order chi connectivity index (χ0) is 17.1. The van der Waals surface area contributed by atoms with Crippen molar-refractivity contribution in [3.05, 3.63) is 60.7 Å². The summed E-state index contributed by atoms with van der Waals surface area (Å²) >= 11 is 0.822. The van der Waals surface area contributed by atoms with E-state index in [1.54, 1.807) is 60.7 Å². The molecule has 0 aliphatic carbocycles. The van der Waals surface area contributed by atoms with Gasteiger partial charge in [-0.2, -0.15) is 0 Å². The minimum atomic E-state index is -1.07. The quantitative estimate of drug-likeness (QED) is 0.900. The van der Waals surface area contributed by atoms with Crippen LogP contribution in [0.5, 0.6) is 0 Å². The number of para-hydroxylation sites is 2. The van der Waals surface area contributed by atoms with Crippen LogP contribution in [0.3, 0.4) is 0 Å². The molecule has 1 saturated heterocycles. The summed E-state index contributed by atoms with van der Waals surface area (Å²) in [5.74, 6) is -1.51. The Morgan fingerprint density at radius 2 is 1.62 bits per heavy atom. The largest absolute Gasteiger partial charge is 0.480 e. The monoisotopic (exact) mass is 342 g/mol. The van der Waals surface area contributed by atoms with E-state index in [1.165, 1.54) is 4.90 Å². The van der Waals surface area contributed by atoms with E-state index in [4.69, 9.17) is 0 Å². The molecule has 1 heterocycles. The Hall–Kier alpha value is -2.80. The lowest BCUT2D eigenvalue weighted by atomic mass is 10.2. The van der Waals surface area contributed by atoms with Crippen molar-refractivity contribution in [3.63, 3.8) is 0 Å². The number of thioether (sulfide) groups is 1. The van der Waals surface area contributed by atoms with Crippen LogP contribution in [-0.2, 0) is 9.59 Å². The number of rotatable bonds is 5. The molecule has 1 N–H and O–H groups in total. The number of benzene rings is 2. The van der Waals surface area contributed by atoms with Crippen LogP contribution in [0, 0.1) is 0 Å². The van der Waals surface area contributed by atoms with Gasteiger partial charge in [-0.1, -0.05) is 36.4 Å². The number of hydrogen-bond donors (Lipinski definition) is 1. The first-order valence-electron chi connectivity index (χ1n) is 7.21. The fraction of sp³-hybridized carbons (Fsp3) is 0.118. The maximum atomic E-state index is 12.8. The highest BCUT2D eigenvalue weighted by atomic mass is 32.2. The van der Waals surface area contributed by atoms with Crippen LogP contribution in [0.25, 0.3) is 0 Å². The average molecular weight is 342 g/mol. The zero-order valence-electron chi connectivity index (χ0n) is 12.5. The van der Waals surface area contributed by atoms with Gasteiger partial charge in [-0.15, -0.1) is 0 Å². The number of carboxylic acid groups (broad SMARTS) is 1. The number of amides is 2. The fourth-order valence-electron chi connectivity index (χ4n) is 2.48. The minimum absolute atomic E-state index is 0.372. The summed E-state index contributed by atoms with van der Waals surface area (Å²) in [6, 6.07) is 17.3. The summed E-state index contributed by atoms with van der Waals surface area (Å²) in [5, 5.41) is 7.86. The van der Waals surface area contributed by atoms with Crippen molar-refractivity contribution in [2.24, 2.45) is 0 Å². The molecule has 7 heteroatoms. The van der Waals surface area contributed by atoms with Crippen LogP contribution in [0.4, 0.5) is 16.2 Å². The predicted molar refractivity (Wildman–Crippen MR) is 92.1 cm³/mol. The first kappa shape index (κ1) is 16.1. The number of anilines is 2. The van der Waals surface area contributed by atoms with Gasteiger partial charge in [0.2, 0.25) is 0 Å². The highest BCUT2D eigenvalue weighted by Gasteiger charge is 2.44. The van der Waals surface area contributed by atoms with Crippen LogP contribution in [0.1, 0.15) is 0 Å². The van der Waals surface area contributed by atoms with Crippen molar-refractivity contribution in [1.29, 1.82) is 0 Å². The van der Waals surface area contributed by atoms with E-state index in [0.29, 0.717) is 11.4 Å². The summed E-state index contributed by atoms with van der Waals surface area (Å²) in [5.41, 5.74) is 1.05. The molecule has 0 spiro atoms. The van der Waals surface area contributed by atoms with E-state index >= 15 is 0 Å². The first-order valence-corrected chi connectivity index (χ1v) is 8.09. The van der Waals surface area contributed by atoms with Gasteiger partial charge < -0.3 is 10.0 Å². The van der Waals surface area contributed by atoms with E-state index in [0.717, 1.165) is 16.7 Å². The minimum Gasteiger partial charge on any atom is -0.480 e. The molecule has 2 amide bonds. The molecule has 0 radical (unpaired) electrons. The van der Waals surface area contributed by atoms with Gasteiger partial charge in [-0.25, -0.2) is 4.90 Å². The zero-order valence-corrected chi connectivity index (χ0v) is 13.3. The van der Waals surface area contributed by atoms with Crippen molar-refractivity contribution in [2.75, 3.05) is 16.3 Å². The molecule has 1 aliphatic rings. The van der Waals surface area contributed by atoms with Gasteiger partial charge in [0.15, 0.2) is 5.37 Å². The number of hydrogen-bond acceptors (Lipinski definition) is 5. The van der Waals surface area contributed by atoms with Crippen molar-refractivity contribution >= 4 is 40.3 Å². The van der Waals surface area contributed by atoms with Gasteiger partial charge in [0, 0.05) is 5.69 Å². The van der Waals surface area contributed by atoms with Gasteiger partial charge in [0.1, 0.15) is 6.54 Å². The van der Waals surface area contributed by atoms with E-state index in [9.17, 15) is 19.5 Å². The van der Waals surface area contributed by atoms with Crippen LogP contribution in [0.15, 0.2) is 60.7 Å². The third-order valence-electron chi connectivity index (χ3n) is 3.52. The van der Waals surface area contributed by atoms with Gasteiger partial charge >= 0.3 is 5.97 Å². The fourth-order valence-corrected chi connectivity index (χ4v) is 3.50. The summed E-state index contributed by atoms with van der Waals surface area (Å²) in [4.78, 5) is 38.8. The molecule has 1 fully saturated rings. The standard InChI is InChI=1S/C17H14N2O4S/c20-14(21)11-18(12-7-3-1-4-8-12)16-15(22)19(17(23)24-16)13-9-5-2-6-10-13/h1-10,16H,11H2,(H,20,21)/t16-/m0/s1. The Morgan fingerprint density at radius 1 is 1.04 bits per heavy atom. The number of carbonyl (C=O) groups excluding carboxylic acids is 2. The first-order chi connectivity index (χ1) is 11.6. The lowest BCUT2D eigenvalue weighted by Crippen LogP contribution is -2.43. The van der Waals surface area contributed by atoms with E-state index in [1.807, 2.05) is 0 Å². The number of imide groups is 1. The van der Waals surface area contributed by atoms with Crippen molar-refractivity contribution in [3.8, 4) is 0 Å². The van der Waals surface area contributed by atoms with E-state index < -0.39 is 22.5 Å². The Bertz CT molecular complexity index is 767. The summed E-state index contributed by atoms with van der Waals surface area (Å²) < 4.78 is 0. The third kappa shape index (κ3) is 3.11. The molecular weight excluding hydrogens is 328 g/mol. The molecule has 3 rings (SSSR count). The number of nitrogens with zero attached hydrogens (tertiary/aromatic N) is 2. The average Bonchev–Trinajstić information content (AvgIpc) is 2.88. The summed E-state index contributed by atoms with van der Waals surface area (Å²) in [6.45, 7) is -0.372. The number of carbonyl (C=O) groups is 3. The molecule has 24 heavy (non-hydrogen) atoms. The third-order valence-corrected chi connectivity index (χ3v) is 4.58. The van der Waals surface area contributed by atoms with Gasteiger partial charge in [0.25, 0.3) is 11.1 Å². The molecule has 0 bridgehead atoms. The maximum Gasteiger partial charge on any atom is 0.323 e. The smallest absolute Gasteiger partial charge is 0.323 e. The highest BCUT2D eigenvalue weighted by molar-refractivity contribution is 8.16. The van der Waals surface area contributed by atoms with Crippen molar-refractivity contribution in [2.45, 2.75) is 5.37 Å². The van der Waals surface area contributed by atoms with Crippen molar-refractivity contribution < 1.29 is 19.5 Å². The molecule has 0 saturated carbocycles. The highest BCUT2D eigenvalue weighted by Crippen LogP contribution is 2.35. The van der Waals surface area contributed by atoms with Gasteiger partial charge in [0.05, 0.1) is 5.69 Å². The Labute approximate surface area is 142 Å². The maximum absolute atomic E-state index is 12.8. The summed E-state index contributed by atoms with van der Waals surface area (Å²) in [7, 11) is 0. The van der Waals surface area contributed by atoms with E-state index in [-0.39, 0.29) is 6.54 Å². The van der Waals surface area contributed by atoms with Crippen molar-refractivity contribution in [1.82, 2.24) is 0 Å². The molecule has 2 aromatic rings. The molecule has 2 aromatic carbocycles. The molecular formula is C17H14N2O4S. The topological polar surface area (TPSA) is 77.9 Å². The molecule has 0 unspecified atom stereocenters. The summed E-state index contributed by atoms with van der Waals surface area (Å²) in [6.07, 6.45) is 0. The van der Waals surface area contributed by atoms with Crippen LogP contribution < -0.4 is 9.80 Å². The SMILES string of the molecule is O=C(O)CN(c1ccccc1)[C@H]1SC(=O)N(c2ccccc2)C1=O. The second-order valence-electron chi connectivity index (χ2n) is 5.10. The second-order valence-corrected chi connectivity index (χ2v) is 6.13. The molecule has 0 aromatic heterocycles. The lowest BCUT2D eigenvalue weighted by Gasteiger charge is -2.27. The van der Waals surface area contributed by atoms with Crippen LogP contribution >= 0.6 is 11.8 Å². The molecule has 1 aliphatic heterocycles. The van der Waals surface area contributed by atoms with E-state index in [2.05, 4.69) is 0 Å². The Morgan fingerprint density at radius 3 is 2.21 bits per heavy atom. The van der Waals surface area contributed by atoms with Gasteiger partial charge in [-0.05, 0) is 36.0 Å². The second kappa shape index (κ2) is 6.76. The number of carboxylic acids is 1. The predicted octanol–water partition coefficient (Wildman–Crippen LogP) is 2.80. The molecule has 6 nitrogen and oxygen atoms in total.